The van der Waals surface area contributed by atoms with Crippen molar-refractivity contribution in [3.63, 3.8) is 0 Å². The fraction of sp³-hybridized carbons (Fsp3) is 0.0508. The maximum Gasteiger partial charge on any atom is 0.235 e. The number of rotatable bonds is 3. The van der Waals surface area contributed by atoms with Crippen molar-refractivity contribution in [1.82, 2.24) is 9.13 Å². The maximum atomic E-state index is 6.83. The molecule has 0 fully saturated rings. The molecule has 0 saturated carbocycles. The third-order valence-corrected chi connectivity index (χ3v) is 13.6. The zero-order valence-corrected chi connectivity index (χ0v) is 35.4. The lowest BCUT2D eigenvalue weighted by Gasteiger charge is -2.21. The molecule has 0 amide bonds. The molecule has 65 heavy (non-hydrogen) atoms. The molecule has 4 aromatic heterocycles. The van der Waals surface area contributed by atoms with E-state index < -0.39 is 0 Å². The van der Waals surface area contributed by atoms with Gasteiger partial charge in [-0.3, -0.25) is 4.57 Å². The Balaban J connectivity index is 1.07. The summed E-state index contributed by atoms with van der Waals surface area (Å²) in [5.41, 5.74) is 12.6. The first-order chi connectivity index (χ1) is 32.1. The van der Waals surface area contributed by atoms with Crippen LogP contribution in [0.4, 0.5) is 0 Å². The van der Waals surface area contributed by atoms with Crippen molar-refractivity contribution in [2.75, 3.05) is 0 Å². The van der Waals surface area contributed by atoms with E-state index in [2.05, 4.69) is 192 Å². The van der Waals surface area contributed by atoms with Crippen molar-refractivity contribution in [2.45, 2.75) is 13.3 Å². The fourth-order valence-electron chi connectivity index (χ4n) is 10.5. The summed E-state index contributed by atoms with van der Waals surface area (Å²) in [6.07, 6.45) is 3.01. The van der Waals surface area contributed by atoms with E-state index in [1.807, 2.05) is 18.2 Å². The predicted molar refractivity (Wildman–Crippen MR) is 270 cm³/mol. The van der Waals surface area contributed by atoms with Crippen molar-refractivity contribution in [1.29, 1.82) is 0 Å². The summed E-state index contributed by atoms with van der Waals surface area (Å²) >= 11 is 0. The van der Waals surface area contributed by atoms with Crippen LogP contribution in [0.5, 0.6) is 0 Å². The second kappa shape index (κ2) is 13.8. The van der Waals surface area contributed by atoms with Crippen LogP contribution in [0.2, 0.25) is 0 Å². The van der Waals surface area contributed by atoms with Crippen LogP contribution in [0.1, 0.15) is 24.5 Å². The van der Waals surface area contributed by atoms with E-state index in [1.165, 1.54) is 21.5 Å². The van der Waals surface area contributed by atoms with Crippen LogP contribution in [0, 0.1) is 5.92 Å². The zero-order chi connectivity index (χ0) is 42.8. The van der Waals surface area contributed by atoms with E-state index in [9.17, 15) is 0 Å². The van der Waals surface area contributed by atoms with Gasteiger partial charge in [0.2, 0.25) is 5.96 Å². The Morgan fingerprint density at radius 2 is 1.02 bits per heavy atom. The summed E-state index contributed by atoms with van der Waals surface area (Å²) in [7, 11) is 0. The molecule has 1 unspecified atom stereocenters. The second-order valence-electron chi connectivity index (χ2n) is 17.3. The molecule has 0 bridgehead atoms. The Labute approximate surface area is 372 Å². The lowest BCUT2D eigenvalue weighted by molar-refractivity contribution is 0.668. The summed E-state index contributed by atoms with van der Waals surface area (Å²) in [4.78, 5) is 11.5. The second-order valence-corrected chi connectivity index (χ2v) is 17.3. The molecule has 1 atom stereocenters. The first kappa shape index (κ1) is 36.0. The van der Waals surface area contributed by atoms with Crippen LogP contribution in [0.25, 0.3) is 110 Å². The molecule has 14 rings (SSSR count). The van der Waals surface area contributed by atoms with Crippen molar-refractivity contribution in [3.05, 3.63) is 205 Å². The average Bonchev–Trinajstić information content (AvgIpc) is 4.10. The van der Waals surface area contributed by atoms with E-state index in [1.54, 1.807) is 0 Å². The lowest BCUT2D eigenvalue weighted by Crippen LogP contribution is -2.20. The Kier molecular flexibility index (Phi) is 7.63. The molecule has 1 aliphatic rings. The van der Waals surface area contributed by atoms with Gasteiger partial charge in [0.1, 0.15) is 22.3 Å². The normalized spacial score (nSPS) is 15.7. The van der Waals surface area contributed by atoms with E-state index in [4.69, 9.17) is 18.8 Å². The summed E-state index contributed by atoms with van der Waals surface area (Å²) in [5, 5.41) is 11.4. The van der Waals surface area contributed by atoms with Crippen LogP contribution < -0.4 is 0 Å². The molecular formula is C59H38N4O2. The van der Waals surface area contributed by atoms with Gasteiger partial charge in [0.15, 0.2) is 0 Å². The maximum absolute atomic E-state index is 6.83. The summed E-state index contributed by atoms with van der Waals surface area (Å²) in [6, 6.07) is 66.7. The molecule has 0 saturated heterocycles. The third-order valence-electron chi connectivity index (χ3n) is 13.6. The highest BCUT2D eigenvalue weighted by molar-refractivity contribution is 6.24. The molecule has 0 N–H and O–H groups in total. The Bertz CT molecular complexity index is 4190. The number of aromatic nitrogens is 2. The van der Waals surface area contributed by atoms with E-state index in [-0.39, 0.29) is 5.92 Å². The standard InChI is InChI=1S/C59H38N4O2/c1-35-26-28-48(38-27-29-55-46(31-38)43-19-7-12-24-53(43)64-55)60-59(63-50-22-10-4-16-40(50)41-17-5-11-23-51(41)63)61-58(35)47-33-39(34-56-57(47)44-20-8-13-25-54(44)65-56)62-49-21-9-6-18-42(49)45-30-36-14-2-3-15-37(36)32-52(45)62/h2-25,27-35H,26H2,1H3/b48-28+,60-59?,61-58?. The minimum Gasteiger partial charge on any atom is -0.456 e. The van der Waals surface area contributed by atoms with Gasteiger partial charge in [-0.25, -0.2) is 9.98 Å². The average molecular weight is 835 g/mol. The largest absolute Gasteiger partial charge is 0.456 e. The Hall–Kier alpha value is -8.48. The number of nitrogens with zero attached hydrogens (tertiary/aromatic N) is 4. The van der Waals surface area contributed by atoms with E-state index in [0.29, 0.717) is 12.4 Å². The number of benzene rings is 9. The lowest BCUT2D eigenvalue weighted by atomic mass is 9.90. The van der Waals surface area contributed by atoms with Gasteiger partial charge >= 0.3 is 0 Å². The summed E-state index contributed by atoms with van der Waals surface area (Å²) in [5.74, 6) is 0.582. The quantitative estimate of drug-likeness (QED) is 0.178. The van der Waals surface area contributed by atoms with Crippen molar-refractivity contribution >= 4 is 116 Å². The topological polar surface area (TPSA) is 60.9 Å². The number of para-hydroxylation sites is 5. The number of hydrogen-bond donors (Lipinski definition) is 0. The molecule has 0 aliphatic carbocycles. The van der Waals surface area contributed by atoms with Crippen LogP contribution in [0.3, 0.4) is 0 Å². The minimum atomic E-state index is -0.0173. The van der Waals surface area contributed by atoms with Gasteiger partial charge in [-0.05, 0) is 83.9 Å². The highest BCUT2D eigenvalue weighted by Crippen LogP contribution is 2.41. The highest BCUT2D eigenvalue weighted by Gasteiger charge is 2.26. The summed E-state index contributed by atoms with van der Waals surface area (Å²) in [6.45, 7) is 2.29. The monoisotopic (exact) mass is 834 g/mol. The van der Waals surface area contributed by atoms with Gasteiger partial charge in [0.05, 0.1) is 39.2 Å². The van der Waals surface area contributed by atoms with Gasteiger partial charge in [-0.2, -0.15) is 0 Å². The molecule has 306 valence electrons. The van der Waals surface area contributed by atoms with Crippen molar-refractivity contribution in [2.24, 2.45) is 15.9 Å². The van der Waals surface area contributed by atoms with Crippen LogP contribution >= 0.6 is 0 Å². The first-order valence-corrected chi connectivity index (χ1v) is 22.3. The number of aliphatic imine (C=N–C) groups is 2. The molecule has 6 nitrogen and oxygen atoms in total. The van der Waals surface area contributed by atoms with Crippen LogP contribution in [-0.2, 0) is 0 Å². The van der Waals surface area contributed by atoms with Crippen molar-refractivity contribution < 1.29 is 8.83 Å². The van der Waals surface area contributed by atoms with Gasteiger partial charge in [-0.1, -0.05) is 128 Å². The number of allylic oxidation sites excluding steroid dienone is 1. The third kappa shape index (κ3) is 5.41. The van der Waals surface area contributed by atoms with Gasteiger partial charge in [-0.15, -0.1) is 0 Å². The molecule has 13 aromatic rings. The van der Waals surface area contributed by atoms with Crippen molar-refractivity contribution in [3.8, 4) is 5.69 Å². The smallest absolute Gasteiger partial charge is 0.235 e. The summed E-state index contributed by atoms with van der Waals surface area (Å²) < 4.78 is 17.7. The van der Waals surface area contributed by atoms with E-state index >= 15 is 0 Å². The predicted octanol–water partition coefficient (Wildman–Crippen LogP) is 15.6. The van der Waals surface area contributed by atoms with E-state index in [0.717, 1.165) is 105 Å². The fourth-order valence-corrected chi connectivity index (χ4v) is 10.5. The van der Waals surface area contributed by atoms with Crippen LogP contribution in [-0.4, -0.2) is 20.8 Å². The highest BCUT2D eigenvalue weighted by atomic mass is 16.3. The molecule has 1 aliphatic heterocycles. The van der Waals surface area contributed by atoms with Crippen LogP contribution in [0.15, 0.2) is 213 Å². The molecule has 0 spiro atoms. The SMILES string of the molecule is CC1C/C=C(\c2ccc3oc4ccccc4c3c2)N=C(n2c3ccccc3c3ccccc32)N=C1c1cc(-n2c3ccccc3c3cc4ccccc4cc32)cc2oc3ccccc3c12. The Morgan fingerprint density at radius 1 is 0.446 bits per heavy atom. The minimum absolute atomic E-state index is 0.0173. The number of fused-ring (bicyclic) bond motifs is 13. The molecular weight excluding hydrogens is 797 g/mol. The molecule has 9 aromatic carbocycles. The number of furan rings is 2. The van der Waals surface area contributed by atoms with Gasteiger partial charge in [0, 0.05) is 66.2 Å². The zero-order valence-electron chi connectivity index (χ0n) is 35.4. The van der Waals surface area contributed by atoms with Gasteiger partial charge < -0.3 is 13.4 Å². The Morgan fingerprint density at radius 3 is 1.75 bits per heavy atom. The number of hydrogen-bond acceptors (Lipinski definition) is 4. The molecule has 5 heterocycles. The molecule has 6 heteroatoms. The van der Waals surface area contributed by atoms with Gasteiger partial charge in [0.25, 0.3) is 0 Å². The first-order valence-electron chi connectivity index (χ1n) is 22.3. The molecule has 0 radical (unpaired) electrons.